The Labute approximate surface area is 162 Å². The van der Waals surface area contributed by atoms with Gasteiger partial charge in [-0.15, -0.1) is 5.92 Å². The molecule has 2 atom stereocenters. The van der Waals surface area contributed by atoms with E-state index in [1.165, 1.54) is 29.7 Å². The molecule has 152 valence electrons. The smallest absolute Gasteiger partial charge is 0.333 e. The van der Waals surface area contributed by atoms with E-state index in [-0.39, 0.29) is 31.0 Å². The van der Waals surface area contributed by atoms with Gasteiger partial charge in [0.25, 0.3) is 12.0 Å². The molecule has 0 spiro atoms. The van der Waals surface area contributed by atoms with Gasteiger partial charge in [0.05, 0.1) is 6.04 Å². The summed E-state index contributed by atoms with van der Waals surface area (Å²) in [6.45, 7) is 0.973. The van der Waals surface area contributed by atoms with E-state index >= 15 is 0 Å². The van der Waals surface area contributed by atoms with Gasteiger partial charge in [0, 0.05) is 13.0 Å². The van der Waals surface area contributed by atoms with Crippen LogP contribution in [-0.2, 0) is 14.8 Å². The van der Waals surface area contributed by atoms with Crippen LogP contribution in [0.25, 0.3) is 0 Å². The third-order valence-electron chi connectivity index (χ3n) is 4.47. The normalized spacial score (nSPS) is 22.3. The molecule has 28 heavy (non-hydrogen) atoms. The van der Waals surface area contributed by atoms with Gasteiger partial charge >= 0.3 is 10.0 Å². The minimum atomic E-state index is -4.39. The molecule has 1 aliphatic heterocycles. The number of nitrogens with zero attached hydrogens (tertiary/aromatic N) is 1. The Morgan fingerprint density at radius 3 is 2.61 bits per heavy atom. The van der Waals surface area contributed by atoms with E-state index in [9.17, 15) is 23.1 Å². The van der Waals surface area contributed by atoms with E-state index < -0.39 is 38.5 Å². The number of sulfonamides is 1. The Kier molecular flexibility index (Phi) is 6.98. The van der Waals surface area contributed by atoms with Gasteiger partial charge < -0.3 is 20.0 Å². The zero-order valence-electron chi connectivity index (χ0n) is 15.2. The van der Waals surface area contributed by atoms with Crippen molar-refractivity contribution in [3.8, 4) is 17.6 Å². The summed E-state index contributed by atoms with van der Waals surface area (Å²) >= 11 is 0. The first-order valence-corrected chi connectivity index (χ1v) is 9.86. The van der Waals surface area contributed by atoms with Crippen LogP contribution in [0.1, 0.15) is 13.3 Å². The highest BCUT2D eigenvalue weighted by Crippen LogP contribution is 2.27. The van der Waals surface area contributed by atoms with Gasteiger partial charge in [-0.05, 0) is 31.2 Å². The molecule has 1 aromatic carbocycles. The Hall–Kier alpha value is -2.65. The summed E-state index contributed by atoms with van der Waals surface area (Å²) in [6, 6.07) is 4.41. The molecular weight excluding hydrogens is 390 g/mol. The second-order valence-corrected chi connectivity index (χ2v) is 8.16. The first kappa shape index (κ1) is 21.6. The van der Waals surface area contributed by atoms with E-state index in [1.807, 2.05) is 0 Å². The Bertz CT molecular complexity index is 890. The van der Waals surface area contributed by atoms with Crippen molar-refractivity contribution in [1.82, 2.24) is 10.8 Å². The molecule has 1 fully saturated rings. The number of nitrogens with one attached hydrogen (secondary N) is 2. The molecule has 2 amide bonds. The summed E-state index contributed by atoms with van der Waals surface area (Å²) in [7, 11) is -4.39. The Morgan fingerprint density at radius 2 is 2.04 bits per heavy atom. The van der Waals surface area contributed by atoms with Crippen LogP contribution in [0.2, 0.25) is 0 Å². The fourth-order valence-corrected chi connectivity index (χ4v) is 4.65. The molecule has 3 N–H and O–H groups in total. The number of amides is 2. The van der Waals surface area contributed by atoms with E-state index in [4.69, 9.17) is 9.94 Å². The van der Waals surface area contributed by atoms with Gasteiger partial charge in [-0.1, -0.05) is 5.92 Å². The molecule has 1 heterocycles. The van der Waals surface area contributed by atoms with Gasteiger partial charge in [0.1, 0.15) is 30.3 Å². The highest BCUT2D eigenvalue weighted by molar-refractivity contribution is 7.86. The lowest BCUT2D eigenvalue weighted by atomic mass is 10.2. The zero-order chi connectivity index (χ0) is 20.8. The number of hydrogen-bond acceptors (Lipinski definition) is 8. The SMILES string of the molecule is CC#CCOc1ccc(S(=O)(=O)[N+]2(C(=O)[O-])CCNC(C(=O)NO)CC2)cc1. The van der Waals surface area contributed by atoms with E-state index in [0.717, 1.165) is 0 Å². The van der Waals surface area contributed by atoms with Crippen molar-refractivity contribution in [2.24, 2.45) is 0 Å². The van der Waals surface area contributed by atoms with Crippen molar-refractivity contribution in [3.05, 3.63) is 24.3 Å². The lowest BCUT2D eigenvalue weighted by Gasteiger charge is -2.34. The van der Waals surface area contributed by atoms with Crippen LogP contribution in [0.5, 0.6) is 5.75 Å². The van der Waals surface area contributed by atoms with Crippen molar-refractivity contribution in [1.29, 1.82) is 0 Å². The van der Waals surface area contributed by atoms with Crippen molar-refractivity contribution in [2.75, 3.05) is 26.2 Å². The van der Waals surface area contributed by atoms with Crippen molar-refractivity contribution < 1.29 is 36.9 Å². The number of rotatable bonds is 5. The predicted octanol–water partition coefficient (Wildman–Crippen LogP) is -1.20. The molecule has 0 aromatic heterocycles. The molecule has 0 radical (unpaired) electrons. The number of hydroxylamine groups is 1. The molecule has 2 rings (SSSR count). The van der Waals surface area contributed by atoms with Crippen LogP contribution >= 0.6 is 0 Å². The first-order chi connectivity index (χ1) is 13.3. The topological polar surface area (TPSA) is 145 Å². The molecule has 1 saturated heterocycles. The molecule has 0 aliphatic carbocycles. The maximum atomic E-state index is 13.1. The second-order valence-electron chi connectivity index (χ2n) is 6.04. The van der Waals surface area contributed by atoms with E-state index in [2.05, 4.69) is 17.2 Å². The van der Waals surface area contributed by atoms with Crippen LogP contribution < -0.4 is 20.6 Å². The largest absolute Gasteiger partial charge is 0.497 e. The summed E-state index contributed by atoms with van der Waals surface area (Å²) < 4.78 is 30.2. The molecule has 10 nitrogen and oxygen atoms in total. The summed E-state index contributed by atoms with van der Waals surface area (Å²) in [5.41, 5.74) is 1.47. The quantitative estimate of drug-likeness (QED) is 0.237. The average Bonchev–Trinajstić information content (AvgIpc) is 2.92. The van der Waals surface area contributed by atoms with Crippen LogP contribution in [-0.4, -0.2) is 61.8 Å². The molecule has 0 saturated carbocycles. The standard InChI is InChI=1S/C17H21N3O7S/c1-2-3-12-27-13-4-6-14(7-5-13)28(25,26)20(17(22)23)10-8-15(16(21)19-24)18-9-11-20/h4-7,15,18H,8-12H2,1H3,(H2-,19,21,22,23,24). The highest BCUT2D eigenvalue weighted by atomic mass is 32.2. The second kappa shape index (κ2) is 9.03. The lowest BCUT2D eigenvalue weighted by molar-refractivity contribution is -0.755. The lowest BCUT2D eigenvalue weighted by Crippen LogP contribution is -2.63. The highest BCUT2D eigenvalue weighted by Gasteiger charge is 2.47. The van der Waals surface area contributed by atoms with Gasteiger partial charge in [-0.3, -0.25) is 10.0 Å². The molecule has 1 aliphatic rings. The summed E-state index contributed by atoms with van der Waals surface area (Å²) in [4.78, 5) is 23.3. The number of carbonyl (C=O) groups is 2. The number of ether oxygens (including phenoxy) is 1. The number of hydrogen-bond donors (Lipinski definition) is 3. The molecule has 1 aromatic rings. The van der Waals surface area contributed by atoms with Crippen LogP contribution in [0, 0.1) is 11.8 Å². The van der Waals surface area contributed by atoms with Crippen LogP contribution in [0.15, 0.2) is 29.2 Å². The Morgan fingerprint density at radius 1 is 1.36 bits per heavy atom. The average molecular weight is 411 g/mol. The summed E-state index contributed by atoms with van der Waals surface area (Å²) in [5, 5.41) is 23.4. The summed E-state index contributed by atoms with van der Waals surface area (Å²) in [6.07, 6.45) is -1.92. The van der Waals surface area contributed by atoms with Gasteiger partial charge in [-0.25, -0.2) is 5.48 Å². The van der Waals surface area contributed by atoms with Crippen molar-refractivity contribution in [3.63, 3.8) is 0 Å². The van der Waals surface area contributed by atoms with Crippen molar-refractivity contribution in [2.45, 2.75) is 24.3 Å². The maximum absolute atomic E-state index is 13.1. The Balaban J connectivity index is 2.32. The number of benzene rings is 1. The van der Waals surface area contributed by atoms with Crippen LogP contribution in [0.4, 0.5) is 4.79 Å². The minimum Gasteiger partial charge on any atom is -0.497 e. The number of carbonyl (C=O) groups excluding carboxylic acids is 2. The predicted molar refractivity (Wildman–Crippen MR) is 94.3 cm³/mol. The first-order valence-electron chi connectivity index (χ1n) is 8.42. The van der Waals surface area contributed by atoms with Gasteiger partial charge in [0.15, 0.2) is 0 Å². The van der Waals surface area contributed by atoms with Gasteiger partial charge in [0.2, 0.25) is 0 Å². The monoisotopic (exact) mass is 411 g/mol. The molecule has 2 unspecified atom stereocenters. The van der Waals surface area contributed by atoms with E-state index in [1.54, 1.807) is 6.92 Å². The van der Waals surface area contributed by atoms with Crippen molar-refractivity contribution >= 4 is 22.0 Å². The molecular formula is C17H21N3O7S. The molecule has 11 heteroatoms. The fraction of sp³-hybridized carbons (Fsp3) is 0.412. The molecule has 0 bridgehead atoms. The number of carboxylic acid groups (broad SMARTS) is 1. The number of quaternary nitrogens is 1. The third-order valence-corrected chi connectivity index (χ3v) is 6.77. The third kappa shape index (κ3) is 4.26. The van der Waals surface area contributed by atoms with E-state index in [0.29, 0.717) is 5.75 Å². The maximum Gasteiger partial charge on any atom is 0.333 e. The van der Waals surface area contributed by atoms with Gasteiger partial charge in [-0.2, -0.15) is 12.3 Å². The summed E-state index contributed by atoms with van der Waals surface area (Å²) in [5.74, 6) is 4.98. The minimum absolute atomic E-state index is 0.0812. The zero-order valence-corrected chi connectivity index (χ0v) is 16.0. The fourth-order valence-electron chi connectivity index (χ4n) is 2.89. The van der Waals surface area contributed by atoms with Crippen LogP contribution in [0.3, 0.4) is 0 Å².